The highest BCUT2D eigenvalue weighted by molar-refractivity contribution is 5.58. The first-order valence-corrected chi connectivity index (χ1v) is 12.6. The van der Waals surface area contributed by atoms with Gasteiger partial charge < -0.3 is 9.32 Å². The molecule has 2 aromatic carbocycles. The number of hydrogen-bond donors (Lipinski definition) is 0. The van der Waals surface area contributed by atoms with Gasteiger partial charge in [-0.2, -0.15) is 4.52 Å². The van der Waals surface area contributed by atoms with Crippen LogP contribution in [0.5, 0.6) is 0 Å². The van der Waals surface area contributed by atoms with Crippen molar-refractivity contribution in [3.8, 4) is 11.6 Å². The van der Waals surface area contributed by atoms with Crippen molar-refractivity contribution < 1.29 is 4.42 Å². The first-order valence-electron chi connectivity index (χ1n) is 12.6. The summed E-state index contributed by atoms with van der Waals surface area (Å²) in [5.41, 5.74) is 4.58. The van der Waals surface area contributed by atoms with Crippen molar-refractivity contribution in [3.63, 3.8) is 0 Å². The number of piperidine rings is 1. The van der Waals surface area contributed by atoms with Gasteiger partial charge in [-0.3, -0.25) is 4.90 Å². The van der Waals surface area contributed by atoms with Gasteiger partial charge in [0.25, 0.3) is 0 Å². The van der Waals surface area contributed by atoms with Gasteiger partial charge in [0.2, 0.25) is 11.8 Å². The topological polar surface area (TPSA) is 62.7 Å². The third-order valence-electron chi connectivity index (χ3n) is 7.02. The number of anilines is 1. The molecule has 1 saturated heterocycles. The largest absolute Gasteiger partial charge is 0.461 e. The van der Waals surface area contributed by atoms with E-state index >= 15 is 0 Å². The van der Waals surface area contributed by atoms with Gasteiger partial charge in [-0.15, -0.1) is 5.10 Å². The fourth-order valence-electron chi connectivity index (χ4n) is 5.11. The summed E-state index contributed by atoms with van der Waals surface area (Å²) in [7, 11) is 2.04. The molecule has 4 heterocycles. The zero-order valence-corrected chi connectivity index (χ0v) is 20.5. The van der Waals surface area contributed by atoms with E-state index in [4.69, 9.17) is 19.5 Å². The summed E-state index contributed by atoms with van der Waals surface area (Å²) in [6, 6.07) is 25.0. The minimum atomic E-state index is 0.575. The van der Waals surface area contributed by atoms with Crippen LogP contribution in [-0.2, 0) is 13.1 Å². The number of rotatable bonds is 7. The molecule has 1 aliphatic rings. The number of nitrogens with zero attached hydrogens (tertiary/aromatic N) is 6. The molecule has 5 aromatic rings. The summed E-state index contributed by atoms with van der Waals surface area (Å²) in [6.45, 7) is 3.64. The Balaban J connectivity index is 1.27. The van der Waals surface area contributed by atoms with Gasteiger partial charge in [0.1, 0.15) is 0 Å². The molecule has 0 spiro atoms. The van der Waals surface area contributed by atoms with E-state index in [2.05, 4.69) is 64.4 Å². The Bertz CT molecular complexity index is 1410. The first-order chi connectivity index (χ1) is 17.7. The third-order valence-corrected chi connectivity index (χ3v) is 7.02. The number of benzene rings is 2. The first kappa shape index (κ1) is 22.5. The van der Waals surface area contributed by atoms with Crippen molar-refractivity contribution in [2.75, 3.05) is 25.0 Å². The van der Waals surface area contributed by atoms with E-state index < -0.39 is 0 Å². The molecule has 1 aliphatic heterocycles. The van der Waals surface area contributed by atoms with Crippen molar-refractivity contribution in [2.24, 2.45) is 0 Å². The van der Waals surface area contributed by atoms with Crippen molar-refractivity contribution in [1.82, 2.24) is 24.5 Å². The summed E-state index contributed by atoms with van der Waals surface area (Å²) >= 11 is 0. The van der Waals surface area contributed by atoms with E-state index in [0.29, 0.717) is 17.5 Å². The second-order valence-electron chi connectivity index (χ2n) is 9.53. The maximum absolute atomic E-state index is 5.61. The summed E-state index contributed by atoms with van der Waals surface area (Å²) in [5, 5.41) is 4.81. The second-order valence-corrected chi connectivity index (χ2v) is 9.53. The number of likely N-dealkylation sites (tertiary alicyclic amines) is 1. The molecule has 7 heteroatoms. The van der Waals surface area contributed by atoms with E-state index in [-0.39, 0.29) is 0 Å². The molecule has 0 unspecified atom stereocenters. The van der Waals surface area contributed by atoms with Gasteiger partial charge in [0.15, 0.2) is 11.4 Å². The van der Waals surface area contributed by atoms with Gasteiger partial charge >= 0.3 is 0 Å². The molecule has 7 nitrogen and oxygen atoms in total. The summed E-state index contributed by atoms with van der Waals surface area (Å²) in [6.07, 6.45) is 5.95. The zero-order chi connectivity index (χ0) is 24.3. The van der Waals surface area contributed by atoms with Crippen molar-refractivity contribution in [3.05, 3.63) is 102 Å². The fraction of sp³-hybridized carbons (Fsp3) is 0.276. The monoisotopic (exact) mass is 478 g/mol. The average molecular weight is 479 g/mol. The van der Waals surface area contributed by atoms with E-state index in [1.165, 1.54) is 11.1 Å². The molecule has 0 amide bonds. The molecule has 6 rings (SSSR count). The van der Waals surface area contributed by atoms with Gasteiger partial charge in [0, 0.05) is 31.9 Å². The van der Waals surface area contributed by atoms with Crippen LogP contribution in [0.15, 0.2) is 89.7 Å². The normalized spacial score (nSPS) is 14.9. The lowest BCUT2D eigenvalue weighted by Crippen LogP contribution is -2.32. The fourth-order valence-corrected chi connectivity index (χ4v) is 5.11. The molecule has 0 bridgehead atoms. The van der Waals surface area contributed by atoms with Gasteiger partial charge in [-0.25, -0.2) is 9.97 Å². The molecular weight excluding hydrogens is 448 g/mol. The molecule has 0 aliphatic carbocycles. The van der Waals surface area contributed by atoms with Crippen molar-refractivity contribution >= 4 is 11.6 Å². The van der Waals surface area contributed by atoms with Crippen molar-refractivity contribution in [1.29, 1.82) is 0 Å². The Kier molecular flexibility index (Phi) is 6.22. The van der Waals surface area contributed by atoms with Crippen LogP contribution in [0.4, 0.5) is 5.95 Å². The Morgan fingerprint density at radius 3 is 2.42 bits per heavy atom. The van der Waals surface area contributed by atoms with Crippen LogP contribution in [0.25, 0.3) is 17.2 Å². The molecule has 0 saturated carbocycles. The van der Waals surface area contributed by atoms with E-state index in [0.717, 1.165) is 56.2 Å². The quantitative estimate of drug-likeness (QED) is 0.312. The molecule has 0 atom stereocenters. The number of hydrogen-bond acceptors (Lipinski definition) is 6. The standard InChI is InChI=1S/C29H30N6O/c1-33(20-22-9-4-2-5-10-22)29-30-19-25(28-31-27(32-35(28)29)26-13-8-18-36-26)21-34-16-14-24(15-17-34)23-11-6-3-7-12-23/h2-13,18-19,24H,14-17,20-21H2,1H3. The van der Waals surface area contributed by atoms with Crippen LogP contribution >= 0.6 is 0 Å². The van der Waals surface area contributed by atoms with Crippen molar-refractivity contribution in [2.45, 2.75) is 31.8 Å². The predicted octanol–water partition coefficient (Wildman–Crippen LogP) is 5.40. The lowest BCUT2D eigenvalue weighted by Gasteiger charge is -2.32. The van der Waals surface area contributed by atoms with Gasteiger partial charge in [-0.1, -0.05) is 60.7 Å². The molecule has 0 N–H and O–H groups in total. The Morgan fingerprint density at radius 2 is 1.69 bits per heavy atom. The lowest BCUT2D eigenvalue weighted by atomic mass is 9.89. The Hall–Kier alpha value is -3.97. The van der Waals surface area contributed by atoms with Crippen LogP contribution in [0, 0.1) is 0 Å². The van der Waals surface area contributed by atoms with E-state index in [9.17, 15) is 0 Å². The van der Waals surface area contributed by atoms with Crippen LogP contribution in [-0.4, -0.2) is 44.6 Å². The zero-order valence-electron chi connectivity index (χ0n) is 20.5. The minimum Gasteiger partial charge on any atom is -0.461 e. The number of aromatic nitrogens is 4. The van der Waals surface area contributed by atoms with Gasteiger partial charge in [-0.05, 0) is 55.1 Å². The van der Waals surface area contributed by atoms with Crippen LogP contribution in [0.3, 0.4) is 0 Å². The predicted molar refractivity (Wildman–Crippen MR) is 141 cm³/mol. The molecular formula is C29H30N6O. The average Bonchev–Trinajstić information content (AvgIpc) is 3.61. The maximum Gasteiger partial charge on any atom is 0.228 e. The van der Waals surface area contributed by atoms with E-state index in [1.807, 2.05) is 36.0 Å². The summed E-state index contributed by atoms with van der Waals surface area (Å²) in [5.74, 6) is 2.62. The lowest BCUT2D eigenvalue weighted by molar-refractivity contribution is 0.205. The summed E-state index contributed by atoms with van der Waals surface area (Å²) in [4.78, 5) is 14.4. The van der Waals surface area contributed by atoms with Crippen LogP contribution in [0.1, 0.15) is 35.4 Å². The maximum atomic E-state index is 5.61. The van der Waals surface area contributed by atoms with Crippen LogP contribution in [0.2, 0.25) is 0 Å². The highest BCUT2D eigenvalue weighted by atomic mass is 16.3. The molecule has 1 fully saturated rings. The minimum absolute atomic E-state index is 0.575. The SMILES string of the molecule is CN(Cc1ccccc1)c1ncc(CN2CCC(c3ccccc3)CC2)c2nc(-c3ccco3)nn12. The van der Waals surface area contributed by atoms with Crippen LogP contribution < -0.4 is 4.90 Å². The van der Waals surface area contributed by atoms with Gasteiger partial charge in [0.05, 0.1) is 6.26 Å². The highest BCUT2D eigenvalue weighted by Gasteiger charge is 2.23. The molecule has 0 radical (unpaired) electrons. The summed E-state index contributed by atoms with van der Waals surface area (Å²) < 4.78 is 7.47. The Labute approximate surface area is 211 Å². The molecule has 3 aromatic heterocycles. The third kappa shape index (κ3) is 4.62. The second kappa shape index (κ2) is 9.95. The smallest absolute Gasteiger partial charge is 0.228 e. The van der Waals surface area contributed by atoms with E-state index in [1.54, 1.807) is 6.26 Å². The molecule has 36 heavy (non-hydrogen) atoms. The Morgan fingerprint density at radius 1 is 0.944 bits per heavy atom. The molecule has 182 valence electrons. The number of furan rings is 1. The highest BCUT2D eigenvalue weighted by Crippen LogP contribution is 2.29. The number of fused-ring (bicyclic) bond motifs is 1.